The van der Waals surface area contributed by atoms with E-state index in [9.17, 15) is 9.90 Å². The highest BCUT2D eigenvalue weighted by molar-refractivity contribution is 5.73. The molecular formula is C17H26N2O2. The van der Waals surface area contributed by atoms with Crippen molar-refractivity contribution in [1.82, 2.24) is 10.6 Å². The van der Waals surface area contributed by atoms with Crippen LogP contribution in [-0.4, -0.2) is 17.7 Å². The van der Waals surface area contributed by atoms with Crippen LogP contribution in [0.3, 0.4) is 0 Å². The summed E-state index contributed by atoms with van der Waals surface area (Å²) >= 11 is 0. The summed E-state index contributed by atoms with van der Waals surface area (Å²) < 4.78 is 0. The second kappa shape index (κ2) is 7.46. The molecule has 4 heteroatoms. The standard InChI is InChI=1S/C17H26N2O2/c1-2-8-17(9-5-10-17)13-19-16(21)18-11-14-6-3-4-7-15(14)12-20/h3-4,6-7,20H,2,5,8-13H2,1H3,(H2,18,19,21). The average Bonchev–Trinajstić information content (AvgIpc) is 2.48. The highest BCUT2D eigenvalue weighted by Gasteiger charge is 2.35. The smallest absolute Gasteiger partial charge is 0.315 e. The summed E-state index contributed by atoms with van der Waals surface area (Å²) in [5, 5.41) is 15.1. The highest BCUT2D eigenvalue weighted by Crippen LogP contribution is 2.44. The first-order valence-corrected chi connectivity index (χ1v) is 7.88. The van der Waals surface area contributed by atoms with Crippen molar-refractivity contribution in [3.63, 3.8) is 0 Å². The molecule has 1 aliphatic carbocycles. The molecule has 1 saturated carbocycles. The largest absolute Gasteiger partial charge is 0.392 e. The zero-order valence-electron chi connectivity index (χ0n) is 12.8. The van der Waals surface area contributed by atoms with Gasteiger partial charge in [-0.15, -0.1) is 0 Å². The van der Waals surface area contributed by atoms with Gasteiger partial charge in [-0.1, -0.05) is 44.0 Å². The van der Waals surface area contributed by atoms with Gasteiger partial charge < -0.3 is 15.7 Å². The summed E-state index contributed by atoms with van der Waals surface area (Å²) in [6.07, 6.45) is 6.11. The van der Waals surface area contributed by atoms with Gasteiger partial charge in [-0.2, -0.15) is 0 Å². The summed E-state index contributed by atoms with van der Waals surface area (Å²) in [7, 11) is 0. The monoisotopic (exact) mass is 290 g/mol. The van der Waals surface area contributed by atoms with Crippen LogP contribution in [0.1, 0.15) is 50.2 Å². The molecule has 1 aliphatic rings. The van der Waals surface area contributed by atoms with Crippen LogP contribution >= 0.6 is 0 Å². The van der Waals surface area contributed by atoms with Gasteiger partial charge in [-0.3, -0.25) is 0 Å². The molecule has 21 heavy (non-hydrogen) atoms. The molecule has 0 aliphatic heterocycles. The number of benzene rings is 1. The van der Waals surface area contributed by atoms with Gasteiger partial charge in [0.15, 0.2) is 0 Å². The fourth-order valence-electron chi connectivity index (χ4n) is 3.11. The van der Waals surface area contributed by atoms with E-state index >= 15 is 0 Å². The summed E-state index contributed by atoms with van der Waals surface area (Å²) in [5.74, 6) is 0. The Morgan fingerprint density at radius 1 is 1.24 bits per heavy atom. The van der Waals surface area contributed by atoms with Gasteiger partial charge in [0, 0.05) is 13.1 Å². The van der Waals surface area contributed by atoms with Crippen molar-refractivity contribution in [3.8, 4) is 0 Å². The van der Waals surface area contributed by atoms with Crippen LogP contribution < -0.4 is 10.6 Å². The first kappa shape index (κ1) is 15.8. The fourth-order valence-corrected chi connectivity index (χ4v) is 3.11. The van der Waals surface area contributed by atoms with E-state index in [1.54, 1.807) is 0 Å². The van der Waals surface area contributed by atoms with E-state index in [1.807, 2.05) is 24.3 Å². The van der Waals surface area contributed by atoms with Gasteiger partial charge in [0.2, 0.25) is 0 Å². The lowest BCUT2D eigenvalue weighted by Gasteiger charge is -2.42. The normalized spacial score (nSPS) is 16.1. The van der Waals surface area contributed by atoms with Crippen LogP contribution in [0.4, 0.5) is 4.79 Å². The topological polar surface area (TPSA) is 61.4 Å². The van der Waals surface area contributed by atoms with E-state index in [0.29, 0.717) is 12.0 Å². The Labute approximate surface area is 126 Å². The molecule has 0 aromatic heterocycles. The van der Waals surface area contributed by atoms with Crippen molar-refractivity contribution in [2.75, 3.05) is 6.54 Å². The van der Waals surface area contributed by atoms with Gasteiger partial charge in [0.25, 0.3) is 0 Å². The number of carbonyl (C=O) groups excluding carboxylic acids is 1. The minimum Gasteiger partial charge on any atom is -0.392 e. The molecule has 1 aromatic carbocycles. The van der Waals surface area contributed by atoms with E-state index in [-0.39, 0.29) is 12.6 Å². The SMILES string of the molecule is CCCC1(CNC(=O)NCc2ccccc2CO)CCC1. The lowest BCUT2D eigenvalue weighted by Crippen LogP contribution is -2.45. The van der Waals surface area contributed by atoms with Crippen molar-refractivity contribution in [2.45, 2.75) is 52.2 Å². The number of amides is 2. The summed E-state index contributed by atoms with van der Waals surface area (Å²) in [6.45, 7) is 3.42. The minimum atomic E-state index is -0.120. The third kappa shape index (κ3) is 4.21. The lowest BCUT2D eigenvalue weighted by atomic mass is 9.66. The Hall–Kier alpha value is -1.55. The fraction of sp³-hybridized carbons (Fsp3) is 0.588. The van der Waals surface area contributed by atoms with Crippen LogP contribution in [0.25, 0.3) is 0 Å². The van der Waals surface area contributed by atoms with Crippen LogP contribution in [0, 0.1) is 5.41 Å². The first-order chi connectivity index (χ1) is 10.2. The van der Waals surface area contributed by atoms with Gasteiger partial charge >= 0.3 is 6.03 Å². The Kier molecular flexibility index (Phi) is 5.62. The molecule has 0 atom stereocenters. The quantitative estimate of drug-likeness (QED) is 0.723. The zero-order chi connectivity index (χ0) is 15.1. The number of urea groups is 1. The molecule has 2 rings (SSSR count). The van der Waals surface area contributed by atoms with Crippen LogP contribution in [0.2, 0.25) is 0 Å². The first-order valence-electron chi connectivity index (χ1n) is 7.88. The minimum absolute atomic E-state index is 0.000909. The second-order valence-electron chi connectivity index (χ2n) is 6.07. The van der Waals surface area contributed by atoms with Crippen LogP contribution in [-0.2, 0) is 13.2 Å². The molecule has 0 spiro atoms. The van der Waals surface area contributed by atoms with Gasteiger partial charge in [-0.05, 0) is 35.8 Å². The van der Waals surface area contributed by atoms with Gasteiger partial charge in [-0.25, -0.2) is 4.79 Å². The maximum Gasteiger partial charge on any atom is 0.315 e. The van der Waals surface area contributed by atoms with Crippen LogP contribution in [0.5, 0.6) is 0 Å². The molecule has 0 bridgehead atoms. The number of carbonyl (C=O) groups is 1. The van der Waals surface area contributed by atoms with Crippen molar-refractivity contribution in [3.05, 3.63) is 35.4 Å². The number of rotatable bonds is 7. The Morgan fingerprint density at radius 2 is 1.95 bits per heavy atom. The molecule has 4 nitrogen and oxygen atoms in total. The number of aliphatic hydroxyl groups excluding tert-OH is 1. The molecule has 0 unspecified atom stereocenters. The number of hydrogen-bond acceptors (Lipinski definition) is 2. The Bertz CT molecular complexity index is 470. The third-order valence-corrected chi connectivity index (χ3v) is 4.55. The average molecular weight is 290 g/mol. The zero-order valence-corrected chi connectivity index (χ0v) is 12.8. The Balaban J connectivity index is 1.77. The number of aliphatic hydroxyl groups is 1. The molecule has 0 heterocycles. The van der Waals surface area contributed by atoms with E-state index < -0.39 is 0 Å². The van der Waals surface area contributed by atoms with Crippen molar-refractivity contribution < 1.29 is 9.90 Å². The molecule has 0 radical (unpaired) electrons. The van der Waals surface area contributed by atoms with Gasteiger partial charge in [0.05, 0.1) is 6.61 Å². The maximum atomic E-state index is 11.9. The summed E-state index contributed by atoms with van der Waals surface area (Å²) in [5.41, 5.74) is 2.16. The molecule has 116 valence electrons. The van der Waals surface area contributed by atoms with Crippen LogP contribution in [0.15, 0.2) is 24.3 Å². The maximum absolute atomic E-state index is 11.9. The molecular weight excluding hydrogens is 264 g/mol. The van der Waals surface area contributed by atoms with Crippen molar-refractivity contribution in [1.29, 1.82) is 0 Å². The highest BCUT2D eigenvalue weighted by atomic mass is 16.3. The van der Waals surface area contributed by atoms with E-state index in [2.05, 4.69) is 17.6 Å². The second-order valence-corrected chi connectivity index (χ2v) is 6.07. The van der Waals surface area contributed by atoms with E-state index in [1.165, 1.54) is 32.1 Å². The summed E-state index contributed by atoms with van der Waals surface area (Å²) in [6, 6.07) is 7.49. The Morgan fingerprint density at radius 3 is 2.52 bits per heavy atom. The molecule has 0 saturated heterocycles. The molecule has 1 fully saturated rings. The predicted octanol–water partition coefficient (Wildman–Crippen LogP) is 2.95. The lowest BCUT2D eigenvalue weighted by molar-refractivity contribution is 0.118. The predicted molar refractivity (Wildman–Crippen MR) is 83.8 cm³/mol. The molecule has 1 aromatic rings. The molecule has 2 amide bonds. The van der Waals surface area contributed by atoms with Gasteiger partial charge in [0.1, 0.15) is 0 Å². The number of nitrogens with one attached hydrogen (secondary N) is 2. The third-order valence-electron chi connectivity index (χ3n) is 4.55. The molecule has 3 N–H and O–H groups in total. The van der Waals surface area contributed by atoms with Crippen molar-refractivity contribution >= 4 is 6.03 Å². The van der Waals surface area contributed by atoms with E-state index in [4.69, 9.17) is 0 Å². The summed E-state index contributed by atoms with van der Waals surface area (Å²) in [4.78, 5) is 11.9. The number of hydrogen-bond donors (Lipinski definition) is 3. The van der Waals surface area contributed by atoms with E-state index in [0.717, 1.165) is 17.7 Å². The van der Waals surface area contributed by atoms with Crippen molar-refractivity contribution in [2.24, 2.45) is 5.41 Å².